The summed E-state index contributed by atoms with van der Waals surface area (Å²) in [6, 6.07) is 2.00. The maximum Gasteiger partial charge on any atom is 0.230 e. The maximum atomic E-state index is 12.3. The summed E-state index contributed by atoms with van der Waals surface area (Å²) in [5.74, 6) is 1.05. The summed E-state index contributed by atoms with van der Waals surface area (Å²) in [4.78, 5) is 25.8. The molecule has 1 fully saturated rings. The second kappa shape index (κ2) is 6.73. The topological polar surface area (TPSA) is 67.2 Å². The molecule has 1 N–H and O–H groups in total. The lowest BCUT2D eigenvalue weighted by Crippen LogP contribution is -2.43. The van der Waals surface area contributed by atoms with Gasteiger partial charge in [0.25, 0.3) is 0 Å². The second-order valence-corrected chi connectivity index (χ2v) is 6.81. The van der Waals surface area contributed by atoms with Crippen LogP contribution < -0.4 is 5.32 Å². The van der Waals surface area contributed by atoms with Crippen LogP contribution in [0.5, 0.6) is 0 Å². The van der Waals surface area contributed by atoms with E-state index in [-0.39, 0.29) is 11.8 Å². The summed E-state index contributed by atoms with van der Waals surface area (Å²) >= 11 is 1.50. The van der Waals surface area contributed by atoms with Gasteiger partial charge in [-0.05, 0) is 25.2 Å². The summed E-state index contributed by atoms with van der Waals surface area (Å²) in [6.45, 7) is 2.58. The highest BCUT2D eigenvalue weighted by molar-refractivity contribution is 7.99. The van der Waals surface area contributed by atoms with Crippen molar-refractivity contribution in [1.82, 2.24) is 20.0 Å². The quantitative estimate of drug-likeness (QED) is 0.878. The Morgan fingerprint density at radius 2 is 2.23 bits per heavy atom. The lowest BCUT2D eigenvalue weighted by molar-refractivity contribution is -0.139. The van der Waals surface area contributed by atoms with Crippen LogP contribution in [0.15, 0.2) is 6.07 Å². The molecule has 0 aromatic carbocycles. The first-order valence-electron chi connectivity index (χ1n) is 7.77. The van der Waals surface area contributed by atoms with E-state index in [1.807, 2.05) is 21.9 Å². The fourth-order valence-electron chi connectivity index (χ4n) is 2.89. The Bertz CT molecular complexity index is 568. The third-order valence-corrected chi connectivity index (χ3v) is 4.91. The molecule has 0 radical (unpaired) electrons. The third kappa shape index (κ3) is 3.29. The van der Waals surface area contributed by atoms with Gasteiger partial charge in [-0.2, -0.15) is 16.9 Å². The van der Waals surface area contributed by atoms with Crippen molar-refractivity contribution in [2.75, 3.05) is 18.6 Å². The minimum absolute atomic E-state index is 0.0280. The molecule has 1 aromatic rings. The molecule has 1 aliphatic carbocycles. The van der Waals surface area contributed by atoms with Crippen molar-refractivity contribution in [3.63, 3.8) is 0 Å². The van der Waals surface area contributed by atoms with E-state index in [1.54, 1.807) is 0 Å². The monoisotopic (exact) mass is 322 g/mol. The maximum absolute atomic E-state index is 12.3. The van der Waals surface area contributed by atoms with Gasteiger partial charge in [-0.3, -0.25) is 14.3 Å². The Hall–Kier alpha value is -1.50. The van der Waals surface area contributed by atoms with Crippen LogP contribution in [-0.4, -0.2) is 45.0 Å². The van der Waals surface area contributed by atoms with Crippen LogP contribution >= 0.6 is 11.8 Å². The van der Waals surface area contributed by atoms with Crippen molar-refractivity contribution < 1.29 is 9.59 Å². The summed E-state index contributed by atoms with van der Waals surface area (Å²) < 4.78 is 1.96. The highest BCUT2D eigenvalue weighted by atomic mass is 32.2. The minimum Gasteiger partial charge on any atom is -0.350 e. The van der Waals surface area contributed by atoms with Gasteiger partial charge >= 0.3 is 0 Å². The Balaban J connectivity index is 1.58. The van der Waals surface area contributed by atoms with Crippen molar-refractivity contribution in [1.29, 1.82) is 0 Å². The van der Waals surface area contributed by atoms with Crippen LogP contribution in [0.4, 0.5) is 0 Å². The highest BCUT2D eigenvalue weighted by Gasteiger charge is 2.31. The fourth-order valence-corrected chi connectivity index (χ4v) is 3.25. The zero-order chi connectivity index (χ0) is 15.5. The number of carbonyl (C=O) groups is 2. The van der Waals surface area contributed by atoms with E-state index >= 15 is 0 Å². The fraction of sp³-hybridized carbons (Fsp3) is 0.667. The number of thioether (sulfide) groups is 1. The third-order valence-electron chi connectivity index (χ3n) is 4.36. The van der Waals surface area contributed by atoms with Crippen LogP contribution in [0.3, 0.4) is 0 Å². The number of amides is 2. The predicted octanol–water partition coefficient (Wildman–Crippen LogP) is 1.00. The first-order valence-corrected chi connectivity index (χ1v) is 9.17. The van der Waals surface area contributed by atoms with E-state index in [2.05, 4.69) is 10.4 Å². The largest absolute Gasteiger partial charge is 0.350 e. The molecule has 1 aromatic heterocycles. The number of rotatable bonds is 5. The molecule has 7 heteroatoms. The minimum atomic E-state index is 0.0280. The Morgan fingerprint density at radius 3 is 2.91 bits per heavy atom. The Kier molecular flexibility index (Phi) is 4.71. The van der Waals surface area contributed by atoms with Crippen LogP contribution in [0, 0.1) is 5.92 Å². The number of nitrogens with zero attached hydrogens (tertiary/aromatic N) is 3. The van der Waals surface area contributed by atoms with Crippen LogP contribution in [0.2, 0.25) is 0 Å². The van der Waals surface area contributed by atoms with Crippen molar-refractivity contribution in [3.8, 4) is 0 Å². The van der Waals surface area contributed by atoms with Crippen molar-refractivity contribution in [3.05, 3.63) is 17.5 Å². The van der Waals surface area contributed by atoms with Gasteiger partial charge in [0, 0.05) is 12.5 Å². The number of hydrogen-bond acceptors (Lipinski definition) is 4. The number of carbonyl (C=O) groups excluding carboxylic acids is 2. The molecule has 6 nitrogen and oxygen atoms in total. The van der Waals surface area contributed by atoms with Crippen molar-refractivity contribution in [2.45, 2.75) is 38.9 Å². The van der Waals surface area contributed by atoms with Gasteiger partial charge in [0.15, 0.2) is 0 Å². The number of hydrogen-bond donors (Lipinski definition) is 1. The standard InChI is InChI=1S/C15H22N4O2S/c1-22-10-14(20)16-8-12-7-13-9-18(5-6-19(13)17-12)15(21)11-3-2-4-11/h7,11H,2-6,8-10H2,1H3,(H,16,20). The zero-order valence-electron chi connectivity index (χ0n) is 12.9. The van der Waals surface area contributed by atoms with Gasteiger partial charge < -0.3 is 10.2 Å². The molecule has 0 bridgehead atoms. The molecule has 1 aliphatic heterocycles. The van der Waals surface area contributed by atoms with E-state index < -0.39 is 0 Å². The number of aromatic nitrogens is 2. The SMILES string of the molecule is CSCC(=O)NCc1cc2n(n1)CCN(C(=O)C1CCC1)C2. The van der Waals surface area contributed by atoms with Gasteiger partial charge in [-0.15, -0.1) is 0 Å². The molecule has 0 unspecified atom stereocenters. The average Bonchev–Trinajstić information content (AvgIpc) is 2.85. The Morgan fingerprint density at radius 1 is 1.41 bits per heavy atom. The van der Waals surface area contributed by atoms with E-state index in [9.17, 15) is 9.59 Å². The first-order chi connectivity index (χ1) is 10.7. The van der Waals surface area contributed by atoms with Gasteiger partial charge in [-0.25, -0.2) is 0 Å². The van der Waals surface area contributed by atoms with Crippen molar-refractivity contribution >= 4 is 23.6 Å². The molecule has 2 aliphatic rings. The van der Waals surface area contributed by atoms with Gasteiger partial charge in [0.2, 0.25) is 11.8 Å². The van der Waals surface area contributed by atoms with Gasteiger partial charge in [0.05, 0.1) is 36.8 Å². The summed E-state index contributed by atoms with van der Waals surface area (Å²) in [6.07, 6.45) is 5.17. The van der Waals surface area contributed by atoms with Gasteiger partial charge in [-0.1, -0.05) is 6.42 Å². The molecule has 0 saturated heterocycles. The molecule has 0 atom stereocenters. The lowest BCUT2D eigenvalue weighted by atomic mass is 9.84. The number of fused-ring (bicyclic) bond motifs is 1. The van der Waals surface area contributed by atoms with Gasteiger partial charge in [0.1, 0.15) is 0 Å². The second-order valence-electron chi connectivity index (χ2n) is 5.95. The summed E-state index contributed by atoms with van der Waals surface area (Å²) in [5.41, 5.74) is 1.93. The smallest absolute Gasteiger partial charge is 0.230 e. The Labute approximate surface area is 134 Å². The normalized spacial score (nSPS) is 17.8. The van der Waals surface area contributed by atoms with Crippen LogP contribution in [0.1, 0.15) is 30.7 Å². The zero-order valence-corrected chi connectivity index (χ0v) is 13.7. The summed E-state index contributed by atoms with van der Waals surface area (Å²) in [7, 11) is 0. The molecule has 2 heterocycles. The van der Waals surface area contributed by atoms with E-state index in [0.29, 0.717) is 24.7 Å². The average molecular weight is 322 g/mol. The molecule has 3 rings (SSSR count). The van der Waals surface area contributed by atoms with E-state index in [1.165, 1.54) is 18.2 Å². The molecule has 120 valence electrons. The highest BCUT2D eigenvalue weighted by Crippen LogP contribution is 2.29. The summed E-state index contributed by atoms with van der Waals surface area (Å²) in [5, 5.41) is 7.38. The molecule has 22 heavy (non-hydrogen) atoms. The molecular formula is C15H22N4O2S. The molecule has 0 spiro atoms. The van der Waals surface area contributed by atoms with Crippen LogP contribution in [0.25, 0.3) is 0 Å². The van der Waals surface area contributed by atoms with Crippen molar-refractivity contribution in [2.24, 2.45) is 5.92 Å². The molecular weight excluding hydrogens is 300 g/mol. The first kappa shape index (κ1) is 15.4. The lowest BCUT2D eigenvalue weighted by Gasteiger charge is -2.34. The van der Waals surface area contributed by atoms with E-state index in [0.717, 1.165) is 37.3 Å². The molecule has 1 saturated carbocycles. The number of nitrogens with one attached hydrogen (secondary N) is 1. The van der Waals surface area contributed by atoms with Crippen LogP contribution in [-0.2, 0) is 29.2 Å². The predicted molar refractivity (Wildman–Crippen MR) is 85.2 cm³/mol. The van der Waals surface area contributed by atoms with E-state index in [4.69, 9.17) is 0 Å². The molecule has 2 amide bonds.